The second kappa shape index (κ2) is 7.17. The Balaban J connectivity index is 2.28. The fraction of sp³-hybridized carbons (Fsp3) is 0.294. The standard InChI is InChI=1S/C17H18F2N2O2/c1-3-4-15(12-6-5-11(18)8-14(12)19)21-17(23)13-9-20-10(2)7-16(13)22/h5-9,15H,3-4H2,1-2H3,(H,20,22)(H,21,23)/t15-/m1/s1. The first-order valence-electron chi connectivity index (χ1n) is 7.37. The molecular formula is C17H18F2N2O2. The van der Waals surface area contributed by atoms with Crippen LogP contribution in [0.15, 0.2) is 35.3 Å². The molecular weight excluding hydrogens is 302 g/mol. The number of aryl methyl sites for hydroxylation is 1. The Morgan fingerprint density at radius 1 is 1.30 bits per heavy atom. The smallest absolute Gasteiger partial charge is 0.257 e. The summed E-state index contributed by atoms with van der Waals surface area (Å²) in [5.74, 6) is -1.99. The molecule has 1 aromatic carbocycles. The quantitative estimate of drug-likeness (QED) is 0.888. The summed E-state index contributed by atoms with van der Waals surface area (Å²) < 4.78 is 27.0. The molecule has 0 fully saturated rings. The van der Waals surface area contributed by atoms with E-state index < -0.39 is 29.0 Å². The maximum absolute atomic E-state index is 13.9. The molecule has 0 spiro atoms. The number of nitrogens with one attached hydrogen (secondary N) is 2. The molecule has 1 amide bonds. The molecule has 0 radical (unpaired) electrons. The van der Waals surface area contributed by atoms with E-state index in [4.69, 9.17) is 0 Å². The zero-order valence-corrected chi connectivity index (χ0v) is 13.0. The minimum atomic E-state index is -0.721. The number of hydrogen-bond donors (Lipinski definition) is 2. The molecule has 0 bridgehead atoms. The number of benzene rings is 1. The van der Waals surface area contributed by atoms with Gasteiger partial charge >= 0.3 is 0 Å². The van der Waals surface area contributed by atoms with Crippen LogP contribution in [0.3, 0.4) is 0 Å². The molecule has 23 heavy (non-hydrogen) atoms. The lowest BCUT2D eigenvalue weighted by Crippen LogP contribution is -2.32. The van der Waals surface area contributed by atoms with Gasteiger partial charge in [0, 0.05) is 29.6 Å². The van der Waals surface area contributed by atoms with Crippen LogP contribution in [0.4, 0.5) is 8.78 Å². The maximum Gasteiger partial charge on any atom is 0.257 e. The molecule has 0 unspecified atom stereocenters. The number of H-pyrrole nitrogens is 1. The van der Waals surface area contributed by atoms with E-state index in [1.165, 1.54) is 18.3 Å². The largest absolute Gasteiger partial charge is 0.364 e. The lowest BCUT2D eigenvalue weighted by molar-refractivity contribution is 0.0932. The Morgan fingerprint density at radius 2 is 2.04 bits per heavy atom. The van der Waals surface area contributed by atoms with Crippen LogP contribution in [-0.4, -0.2) is 10.9 Å². The Labute approximate surface area is 132 Å². The first-order valence-corrected chi connectivity index (χ1v) is 7.37. The molecule has 2 N–H and O–H groups in total. The number of pyridine rings is 1. The second-order valence-electron chi connectivity index (χ2n) is 5.37. The van der Waals surface area contributed by atoms with Crippen molar-refractivity contribution < 1.29 is 13.6 Å². The molecule has 1 atom stereocenters. The molecule has 0 aliphatic rings. The lowest BCUT2D eigenvalue weighted by Gasteiger charge is -2.19. The number of rotatable bonds is 5. The Kier molecular flexibility index (Phi) is 5.26. The van der Waals surface area contributed by atoms with Gasteiger partial charge in [0.15, 0.2) is 5.43 Å². The third kappa shape index (κ3) is 4.03. The van der Waals surface area contributed by atoms with Crippen LogP contribution in [-0.2, 0) is 0 Å². The Bertz CT molecular complexity index is 771. The highest BCUT2D eigenvalue weighted by atomic mass is 19.1. The van der Waals surface area contributed by atoms with E-state index in [2.05, 4.69) is 10.3 Å². The van der Waals surface area contributed by atoms with Crippen LogP contribution in [0.5, 0.6) is 0 Å². The van der Waals surface area contributed by atoms with Gasteiger partial charge in [-0.25, -0.2) is 8.78 Å². The zero-order chi connectivity index (χ0) is 17.0. The third-order valence-corrected chi connectivity index (χ3v) is 3.52. The van der Waals surface area contributed by atoms with Crippen LogP contribution in [0, 0.1) is 18.6 Å². The molecule has 2 aromatic rings. The van der Waals surface area contributed by atoms with E-state index in [0.717, 1.165) is 12.1 Å². The van der Waals surface area contributed by atoms with Crippen LogP contribution < -0.4 is 10.7 Å². The van der Waals surface area contributed by atoms with Crippen molar-refractivity contribution in [2.24, 2.45) is 0 Å². The van der Waals surface area contributed by atoms with Crippen LogP contribution in [0.2, 0.25) is 0 Å². The zero-order valence-electron chi connectivity index (χ0n) is 13.0. The monoisotopic (exact) mass is 320 g/mol. The summed E-state index contributed by atoms with van der Waals surface area (Å²) in [7, 11) is 0. The van der Waals surface area contributed by atoms with Gasteiger partial charge < -0.3 is 10.3 Å². The van der Waals surface area contributed by atoms with Gasteiger partial charge in [-0.1, -0.05) is 19.4 Å². The first kappa shape index (κ1) is 16.9. The highest BCUT2D eigenvalue weighted by Crippen LogP contribution is 2.22. The van der Waals surface area contributed by atoms with E-state index in [1.807, 2.05) is 6.92 Å². The molecule has 1 heterocycles. The minimum Gasteiger partial charge on any atom is -0.364 e. The number of amides is 1. The average Bonchev–Trinajstić information content (AvgIpc) is 2.46. The number of carbonyl (C=O) groups is 1. The van der Waals surface area contributed by atoms with E-state index in [9.17, 15) is 18.4 Å². The fourth-order valence-corrected chi connectivity index (χ4v) is 2.36. The number of aromatic amines is 1. The molecule has 1 aromatic heterocycles. The summed E-state index contributed by atoms with van der Waals surface area (Å²) in [6, 6.07) is 3.93. The van der Waals surface area contributed by atoms with E-state index in [0.29, 0.717) is 18.5 Å². The topological polar surface area (TPSA) is 62.0 Å². The number of hydrogen-bond acceptors (Lipinski definition) is 2. The summed E-state index contributed by atoms with van der Waals surface area (Å²) in [6.45, 7) is 3.59. The normalized spacial score (nSPS) is 12.0. The van der Waals surface area contributed by atoms with Crippen molar-refractivity contribution >= 4 is 5.91 Å². The average molecular weight is 320 g/mol. The molecule has 4 nitrogen and oxygen atoms in total. The molecule has 6 heteroatoms. The summed E-state index contributed by atoms with van der Waals surface area (Å²) in [5, 5.41) is 2.65. The van der Waals surface area contributed by atoms with Gasteiger partial charge in [0.1, 0.15) is 17.2 Å². The highest BCUT2D eigenvalue weighted by molar-refractivity contribution is 5.94. The van der Waals surface area contributed by atoms with Gasteiger partial charge in [0.25, 0.3) is 5.91 Å². The van der Waals surface area contributed by atoms with Gasteiger partial charge in [0.2, 0.25) is 0 Å². The van der Waals surface area contributed by atoms with E-state index in [-0.39, 0.29) is 11.1 Å². The van der Waals surface area contributed by atoms with Gasteiger partial charge in [-0.3, -0.25) is 9.59 Å². The fourth-order valence-electron chi connectivity index (χ4n) is 2.36. The summed E-state index contributed by atoms with van der Waals surface area (Å²) in [4.78, 5) is 27.0. The van der Waals surface area contributed by atoms with E-state index >= 15 is 0 Å². The van der Waals surface area contributed by atoms with Crippen molar-refractivity contribution in [1.82, 2.24) is 10.3 Å². The van der Waals surface area contributed by atoms with Gasteiger partial charge in [-0.15, -0.1) is 0 Å². The van der Waals surface area contributed by atoms with Gasteiger partial charge in [0.05, 0.1) is 6.04 Å². The van der Waals surface area contributed by atoms with Crippen molar-refractivity contribution in [3.63, 3.8) is 0 Å². The molecule has 0 aliphatic carbocycles. The summed E-state index contributed by atoms with van der Waals surface area (Å²) in [5.41, 5.74) is 0.388. The molecule has 2 rings (SSSR count). The highest BCUT2D eigenvalue weighted by Gasteiger charge is 2.20. The summed E-state index contributed by atoms with van der Waals surface area (Å²) >= 11 is 0. The van der Waals surface area contributed by atoms with E-state index in [1.54, 1.807) is 6.92 Å². The van der Waals surface area contributed by atoms with Crippen LogP contribution in [0.25, 0.3) is 0 Å². The lowest BCUT2D eigenvalue weighted by atomic mass is 10.0. The van der Waals surface area contributed by atoms with Crippen LogP contribution in [0.1, 0.15) is 47.4 Å². The maximum atomic E-state index is 13.9. The number of halogens is 2. The number of aromatic nitrogens is 1. The van der Waals surface area contributed by atoms with Crippen LogP contribution >= 0.6 is 0 Å². The molecule has 0 saturated heterocycles. The minimum absolute atomic E-state index is 0.0424. The van der Waals surface area contributed by atoms with Crippen molar-refractivity contribution in [3.05, 3.63) is 69.1 Å². The van der Waals surface area contributed by atoms with Crippen molar-refractivity contribution in [1.29, 1.82) is 0 Å². The molecule has 122 valence electrons. The van der Waals surface area contributed by atoms with Gasteiger partial charge in [-0.2, -0.15) is 0 Å². The Morgan fingerprint density at radius 3 is 2.65 bits per heavy atom. The predicted molar refractivity (Wildman–Crippen MR) is 83.3 cm³/mol. The van der Waals surface area contributed by atoms with Gasteiger partial charge in [-0.05, 0) is 19.4 Å². The predicted octanol–water partition coefficient (Wildman–Crippen LogP) is 3.23. The second-order valence-corrected chi connectivity index (χ2v) is 5.37. The van der Waals surface area contributed by atoms with Crippen molar-refractivity contribution in [2.45, 2.75) is 32.7 Å². The van der Waals surface area contributed by atoms with Crippen molar-refractivity contribution in [2.75, 3.05) is 0 Å². The Hall–Kier alpha value is -2.50. The van der Waals surface area contributed by atoms with Crippen molar-refractivity contribution in [3.8, 4) is 0 Å². The molecule has 0 saturated carbocycles. The summed E-state index contributed by atoms with van der Waals surface area (Å²) in [6.07, 6.45) is 2.49. The third-order valence-electron chi connectivity index (χ3n) is 3.52. The number of carbonyl (C=O) groups excluding carboxylic acids is 1. The first-order chi connectivity index (χ1) is 10.9. The molecule has 0 aliphatic heterocycles. The SMILES string of the molecule is CCC[C@@H](NC(=O)c1c[nH]c(C)cc1=O)c1ccc(F)cc1F.